The van der Waals surface area contributed by atoms with Crippen LogP contribution >= 0.6 is 11.6 Å². The quantitative estimate of drug-likeness (QED) is 0.469. The van der Waals surface area contributed by atoms with E-state index >= 15 is 0 Å². The first kappa shape index (κ1) is 14.7. The number of ketones is 2. The third kappa shape index (κ3) is 1.82. The number of carbonyl (C=O) groups is 3. The van der Waals surface area contributed by atoms with Crippen LogP contribution < -0.4 is 0 Å². The SMILES string of the molecule is COC(=O)[C@@]1(Cl)C(O)=C(C(C)=O)C(=O)CC1(C)C. The standard InChI is InChI=1S/C12H15ClO5/c1-6(14)8-7(15)5-11(2,3)12(13,9(8)16)10(17)18-4/h16H,5H2,1-4H3/t12-/m0/s1. The molecule has 1 N–H and O–H groups in total. The Bertz CT molecular complexity index is 463. The van der Waals surface area contributed by atoms with Gasteiger partial charge in [0.05, 0.1) is 7.11 Å². The fourth-order valence-corrected chi connectivity index (χ4v) is 2.35. The summed E-state index contributed by atoms with van der Waals surface area (Å²) in [5.74, 6) is -2.75. The molecule has 1 rings (SSSR count). The summed E-state index contributed by atoms with van der Waals surface area (Å²) in [5.41, 5.74) is -1.48. The lowest BCUT2D eigenvalue weighted by Crippen LogP contribution is -2.54. The average Bonchev–Trinajstić information content (AvgIpc) is 2.23. The molecule has 0 bridgehead atoms. The van der Waals surface area contributed by atoms with Crippen molar-refractivity contribution in [3.05, 3.63) is 11.3 Å². The third-order valence-electron chi connectivity index (χ3n) is 3.20. The maximum absolute atomic E-state index is 11.8. The summed E-state index contributed by atoms with van der Waals surface area (Å²) in [4.78, 5) is 33.1. The van der Waals surface area contributed by atoms with Crippen molar-refractivity contribution >= 4 is 29.1 Å². The summed E-state index contributed by atoms with van der Waals surface area (Å²) >= 11 is 6.19. The summed E-state index contributed by atoms with van der Waals surface area (Å²) in [6, 6.07) is 0. The zero-order valence-electron chi connectivity index (χ0n) is 10.7. The molecule has 5 nitrogen and oxygen atoms in total. The van der Waals surface area contributed by atoms with E-state index in [2.05, 4.69) is 4.74 Å². The minimum Gasteiger partial charge on any atom is -0.509 e. The summed E-state index contributed by atoms with van der Waals surface area (Å²) in [6.45, 7) is 4.25. The fourth-order valence-electron chi connectivity index (χ4n) is 2.11. The number of halogens is 1. The summed E-state index contributed by atoms with van der Waals surface area (Å²) in [6.07, 6.45) is -0.120. The molecule has 0 saturated heterocycles. The molecule has 1 aliphatic carbocycles. The first-order valence-corrected chi connectivity index (χ1v) is 5.72. The van der Waals surface area contributed by atoms with Crippen LogP contribution in [0.1, 0.15) is 27.2 Å². The zero-order valence-corrected chi connectivity index (χ0v) is 11.4. The molecule has 1 atom stereocenters. The van der Waals surface area contributed by atoms with E-state index in [1.165, 1.54) is 0 Å². The second kappa shape index (κ2) is 4.39. The van der Waals surface area contributed by atoms with Crippen LogP contribution in [0.2, 0.25) is 0 Å². The van der Waals surface area contributed by atoms with Gasteiger partial charge in [-0.15, -0.1) is 0 Å². The number of allylic oxidation sites excluding steroid dienone is 1. The molecule has 100 valence electrons. The number of methoxy groups -OCH3 is 1. The van der Waals surface area contributed by atoms with Gasteiger partial charge in [0.15, 0.2) is 11.6 Å². The van der Waals surface area contributed by atoms with E-state index in [-0.39, 0.29) is 6.42 Å². The van der Waals surface area contributed by atoms with E-state index in [0.29, 0.717) is 0 Å². The number of ether oxygens (including phenoxy) is 1. The van der Waals surface area contributed by atoms with Crippen LogP contribution in [0.5, 0.6) is 0 Å². The lowest BCUT2D eigenvalue weighted by Gasteiger charge is -2.42. The largest absolute Gasteiger partial charge is 0.509 e. The normalized spacial score (nSPS) is 27.1. The molecule has 0 amide bonds. The van der Waals surface area contributed by atoms with Crippen LogP contribution in [0.15, 0.2) is 11.3 Å². The van der Waals surface area contributed by atoms with E-state index in [1.807, 2.05) is 0 Å². The highest BCUT2D eigenvalue weighted by Crippen LogP contribution is 2.49. The summed E-state index contributed by atoms with van der Waals surface area (Å²) in [7, 11) is 1.12. The number of hydrogen-bond donors (Lipinski definition) is 1. The molecule has 0 radical (unpaired) electrons. The van der Waals surface area contributed by atoms with Crippen LogP contribution in [-0.4, -0.2) is 34.6 Å². The molecule has 0 aromatic heterocycles. The first-order chi connectivity index (χ1) is 8.09. The van der Waals surface area contributed by atoms with E-state index in [0.717, 1.165) is 14.0 Å². The summed E-state index contributed by atoms with van der Waals surface area (Å²) < 4.78 is 4.57. The Morgan fingerprint density at radius 2 is 1.89 bits per heavy atom. The predicted molar refractivity (Wildman–Crippen MR) is 64.3 cm³/mol. The highest BCUT2D eigenvalue weighted by atomic mass is 35.5. The smallest absolute Gasteiger partial charge is 0.335 e. The monoisotopic (exact) mass is 274 g/mol. The molecular weight excluding hydrogens is 260 g/mol. The molecule has 18 heavy (non-hydrogen) atoms. The summed E-state index contributed by atoms with van der Waals surface area (Å²) in [5, 5.41) is 10.1. The van der Waals surface area contributed by atoms with Gasteiger partial charge in [-0.3, -0.25) is 9.59 Å². The van der Waals surface area contributed by atoms with Gasteiger partial charge in [0.2, 0.25) is 4.87 Å². The van der Waals surface area contributed by atoms with Crippen molar-refractivity contribution in [1.82, 2.24) is 0 Å². The Hall–Kier alpha value is -1.36. The molecule has 0 aliphatic heterocycles. The van der Waals surface area contributed by atoms with Crippen molar-refractivity contribution < 1.29 is 24.2 Å². The highest BCUT2D eigenvalue weighted by Gasteiger charge is 2.59. The van der Waals surface area contributed by atoms with Crippen molar-refractivity contribution in [2.45, 2.75) is 32.1 Å². The number of esters is 1. The lowest BCUT2D eigenvalue weighted by atomic mass is 9.67. The zero-order chi connectivity index (χ0) is 14.3. The number of Topliss-reactive ketones (excluding diaryl/α,β-unsaturated/α-hetero) is 2. The van der Waals surface area contributed by atoms with Crippen LogP contribution in [-0.2, 0) is 19.1 Å². The van der Waals surface area contributed by atoms with Crippen LogP contribution in [0.25, 0.3) is 0 Å². The molecule has 0 spiro atoms. The van der Waals surface area contributed by atoms with Gasteiger partial charge in [-0.05, 0) is 6.92 Å². The van der Waals surface area contributed by atoms with E-state index in [9.17, 15) is 19.5 Å². The van der Waals surface area contributed by atoms with Gasteiger partial charge in [0, 0.05) is 11.8 Å². The number of aliphatic hydroxyl groups excluding tert-OH is 1. The van der Waals surface area contributed by atoms with E-state index in [1.54, 1.807) is 13.8 Å². The van der Waals surface area contributed by atoms with Gasteiger partial charge in [-0.2, -0.15) is 0 Å². The van der Waals surface area contributed by atoms with Crippen LogP contribution in [0.3, 0.4) is 0 Å². The van der Waals surface area contributed by atoms with Gasteiger partial charge >= 0.3 is 5.97 Å². The topological polar surface area (TPSA) is 80.7 Å². The Morgan fingerprint density at radius 3 is 2.28 bits per heavy atom. The number of carbonyl (C=O) groups excluding carboxylic acids is 3. The molecule has 0 saturated carbocycles. The average molecular weight is 275 g/mol. The molecule has 0 heterocycles. The molecular formula is C12H15ClO5. The highest BCUT2D eigenvalue weighted by molar-refractivity contribution is 6.39. The van der Waals surface area contributed by atoms with Gasteiger partial charge in [-0.25, -0.2) is 4.79 Å². The molecule has 0 unspecified atom stereocenters. The van der Waals surface area contributed by atoms with Crippen LogP contribution in [0, 0.1) is 5.41 Å². The third-order valence-corrected chi connectivity index (χ3v) is 4.04. The lowest BCUT2D eigenvalue weighted by molar-refractivity contribution is -0.148. The minimum absolute atomic E-state index is 0.120. The Labute approximate surface area is 110 Å². The second-order valence-corrected chi connectivity index (χ2v) is 5.48. The Balaban J connectivity index is 3.59. The van der Waals surface area contributed by atoms with Crippen molar-refractivity contribution in [2.24, 2.45) is 5.41 Å². The number of alkyl halides is 1. The van der Waals surface area contributed by atoms with Gasteiger partial charge in [-0.1, -0.05) is 25.4 Å². The van der Waals surface area contributed by atoms with Crippen molar-refractivity contribution in [3.8, 4) is 0 Å². The van der Waals surface area contributed by atoms with E-state index < -0.39 is 39.2 Å². The molecule has 6 heteroatoms. The first-order valence-electron chi connectivity index (χ1n) is 5.34. The van der Waals surface area contributed by atoms with E-state index in [4.69, 9.17) is 11.6 Å². The van der Waals surface area contributed by atoms with Gasteiger partial charge in [0.25, 0.3) is 0 Å². The molecule has 0 aromatic carbocycles. The van der Waals surface area contributed by atoms with Gasteiger partial charge in [0.1, 0.15) is 11.3 Å². The molecule has 1 aliphatic rings. The second-order valence-electron chi connectivity index (χ2n) is 4.91. The van der Waals surface area contributed by atoms with Gasteiger partial charge < -0.3 is 9.84 Å². The minimum atomic E-state index is -1.92. The number of rotatable bonds is 2. The van der Waals surface area contributed by atoms with Crippen molar-refractivity contribution in [3.63, 3.8) is 0 Å². The molecule has 0 fully saturated rings. The Morgan fingerprint density at radius 1 is 1.39 bits per heavy atom. The molecule has 0 aromatic rings. The Kier molecular flexibility index (Phi) is 3.58. The maximum Gasteiger partial charge on any atom is 0.335 e. The van der Waals surface area contributed by atoms with Crippen molar-refractivity contribution in [2.75, 3.05) is 7.11 Å². The number of aliphatic hydroxyl groups is 1. The van der Waals surface area contributed by atoms with Crippen molar-refractivity contribution in [1.29, 1.82) is 0 Å². The predicted octanol–water partition coefficient (Wildman–Crippen LogP) is 1.54. The fraction of sp³-hybridized carbons (Fsp3) is 0.583. The number of hydrogen-bond acceptors (Lipinski definition) is 5. The van der Waals surface area contributed by atoms with Crippen LogP contribution in [0.4, 0.5) is 0 Å². The maximum atomic E-state index is 11.8.